The lowest BCUT2D eigenvalue weighted by Gasteiger charge is -2.07. The molecule has 2 aromatic carbocycles. The Morgan fingerprint density at radius 3 is 2.50 bits per heavy atom. The number of benzene rings is 2. The number of nitrogens with zero attached hydrogens (tertiary/aromatic N) is 1. The Kier molecular flexibility index (Phi) is 4.95. The van der Waals surface area contributed by atoms with Crippen LogP contribution >= 0.6 is 0 Å². The molecule has 0 spiro atoms. The molecule has 0 atom stereocenters. The number of hydrogen-bond donors (Lipinski definition) is 2. The molecule has 1 aliphatic heterocycles. The van der Waals surface area contributed by atoms with Crippen LogP contribution in [-0.2, 0) is 20.8 Å². The largest absolute Gasteiger partial charge is 0.358 e. The van der Waals surface area contributed by atoms with Crippen molar-refractivity contribution in [2.45, 2.75) is 13.3 Å². The minimum Gasteiger partial charge on any atom is -0.358 e. The fourth-order valence-corrected chi connectivity index (χ4v) is 3.74. The third-order valence-corrected chi connectivity index (χ3v) is 5.27. The van der Waals surface area contributed by atoms with Gasteiger partial charge in [0.15, 0.2) is 0 Å². The normalized spacial score (nSPS) is 14.2. The lowest BCUT2D eigenvalue weighted by atomic mass is 9.98. The summed E-state index contributed by atoms with van der Waals surface area (Å²) in [6, 6.07) is 13.4. The number of aryl methyl sites for hydroxylation is 1. The number of carbonyl (C=O) groups is 3. The molecule has 4 rings (SSSR count). The summed E-state index contributed by atoms with van der Waals surface area (Å²) in [5.74, 6) is -2.06. The van der Waals surface area contributed by atoms with Crippen LogP contribution in [0.1, 0.15) is 16.8 Å². The Balaban J connectivity index is 1.67. The fourth-order valence-electron chi connectivity index (χ4n) is 3.74. The smallest absolute Gasteiger partial charge is 0.266 e. The van der Waals surface area contributed by atoms with Gasteiger partial charge in [-0.05, 0) is 37.1 Å². The van der Waals surface area contributed by atoms with E-state index in [0.717, 1.165) is 21.4 Å². The van der Waals surface area contributed by atoms with Crippen LogP contribution in [0.3, 0.4) is 0 Å². The van der Waals surface area contributed by atoms with E-state index in [4.69, 9.17) is 0 Å². The van der Waals surface area contributed by atoms with Gasteiger partial charge in [0.05, 0.1) is 5.57 Å². The standard InChI is InChI=1S/C23H20FN3O3/c1-13-18(16-5-3-4-6-17(16)26-13)19-20(23(30)27(2)22(19)29)21(28)25-12-11-14-7-9-15(24)10-8-14/h3-10,26H,11-12H2,1-2H3,(H,25,28). The van der Waals surface area contributed by atoms with Crippen molar-refractivity contribution < 1.29 is 18.8 Å². The summed E-state index contributed by atoms with van der Waals surface area (Å²) in [7, 11) is 1.37. The van der Waals surface area contributed by atoms with Crippen molar-refractivity contribution in [2.75, 3.05) is 13.6 Å². The molecule has 0 radical (unpaired) electrons. The van der Waals surface area contributed by atoms with Gasteiger partial charge in [0.1, 0.15) is 11.4 Å². The molecular weight excluding hydrogens is 385 g/mol. The number of aromatic amines is 1. The number of rotatable bonds is 5. The number of carbonyl (C=O) groups excluding carboxylic acids is 3. The summed E-state index contributed by atoms with van der Waals surface area (Å²) in [6.07, 6.45) is 0.471. The fraction of sp³-hybridized carbons (Fsp3) is 0.174. The number of likely N-dealkylation sites (N-methyl/N-ethyl adjacent to an activating group) is 1. The zero-order valence-electron chi connectivity index (χ0n) is 16.6. The Hall–Kier alpha value is -3.74. The second-order valence-electron chi connectivity index (χ2n) is 7.22. The van der Waals surface area contributed by atoms with E-state index >= 15 is 0 Å². The molecule has 1 aliphatic rings. The highest BCUT2D eigenvalue weighted by atomic mass is 19.1. The van der Waals surface area contributed by atoms with Crippen LogP contribution in [0.15, 0.2) is 54.1 Å². The number of fused-ring (bicyclic) bond motifs is 1. The highest BCUT2D eigenvalue weighted by Gasteiger charge is 2.41. The lowest BCUT2D eigenvalue weighted by Crippen LogP contribution is -2.33. The van der Waals surface area contributed by atoms with Crippen LogP contribution in [0.4, 0.5) is 4.39 Å². The zero-order chi connectivity index (χ0) is 21.4. The molecule has 0 aliphatic carbocycles. The minimum absolute atomic E-state index is 0.108. The zero-order valence-corrected chi connectivity index (χ0v) is 16.6. The number of H-pyrrole nitrogens is 1. The molecule has 0 saturated heterocycles. The van der Waals surface area contributed by atoms with E-state index in [0.29, 0.717) is 17.7 Å². The van der Waals surface area contributed by atoms with Gasteiger partial charge >= 0.3 is 0 Å². The predicted molar refractivity (Wildman–Crippen MR) is 111 cm³/mol. The molecule has 2 N–H and O–H groups in total. The average Bonchev–Trinajstić information content (AvgIpc) is 3.17. The van der Waals surface area contributed by atoms with Crippen LogP contribution in [0.5, 0.6) is 0 Å². The molecule has 152 valence electrons. The van der Waals surface area contributed by atoms with Crippen LogP contribution in [0, 0.1) is 12.7 Å². The molecule has 2 heterocycles. The summed E-state index contributed by atoms with van der Waals surface area (Å²) < 4.78 is 13.0. The third kappa shape index (κ3) is 3.28. The van der Waals surface area contributed by atoms with E-state index in [9.17, 15) is 18.8 Å². The van der Waals surface area contributed by atoms with Crippen molar-refractivity contribution in [3.63, 3.8) is 0 Å². The number of nitrogens with one attached hydrogen (secondary N) is 2. The first-order chi connectivity index (χ1) is 14.4. The quantitative estimate of drug-likeness (QED) is 0.506. The molecule has 30 heavy (non-hydrogen) atoms. The molecule has 6 nitrogen and oxygen atoms in total. The van der Waals surface area contributed by atoms with Gasteiger partial charge in [-0.3, -0.25) is 19.3 Å². The number of para-hydroxylation sites is 1. The van der Waals surface area contributed by atoms with Crippen molar-refractivity contribution in [1.82, 2.24) is 15.2 Å². The van der Waals surface area contributed by atoms with Gasteiger partial charge in [-0.1, -0.05) is 30.3 Å². The molecule has 0 unspecified atom stereocenters. The first-order valence-electron chi connectivity index (χ1n) is 9.55. The summed E-state index contributed by atoms with van der Waals surface area (Å²) in [5, 5.41) is 3.49. The second kappa shape index (κ2) is 7.59. The van der Waals surface area contributed by atoms with Gasteiger partial charge in [-0.2, -0.15) is 0 Å². The molecule has 0 saturated carbocycles. The maximum Gasteiger partial charge on any atom is 0.266 e. The Morgan fingerprint density at radius 2 is 1.77 bits per heavy atom. The summed E-state index contributed by atoms with van der Waals surface area (Å²) in [4.78, 5) is 42.7. The second-order valence-corrected chi connectivity index (χ2v) is 7.22. The van der Waals surface area contributed by atoms with Crippen molar-refractivity contribution in [2.24, 2.45) is 0 Å². The topological polar surface area (TPSA) is 82.3 Å². The maximum atomic E-state index is 13.0. The van der Waals surface area contributed by atoms with Gasteiger partial charge < -0.3 is 10.3 Å². The summed E-state index contributed by atoms with van der Waals surface area (Å²) in [5.41, 5.74) is 2.90. The Bertz CT molecular complexity index is 1210. The molecule has 0 bridgehead atoms. The Labute approximate surface area is 172 Å². The van der Waals surface area contributed by atoms with Gasteiger partial charge in [0.2, 0.25) is 0 Å². The van der Waals surface area contributed by atoms with Crippen LogP contribution in [0.2, 0.25) is 0 Å². The van der Waals surface area contributed by atoms with Crippen LogP contribution < -0.4 is 5.32 Å². The number of aromatic nitrogens is 1. The van der Waals surface area contributed by atoms with Gasteiger partial charge in [-0.25, -0.2) is 4.39 Å². The average molecular weight is 405 g/mol. The molecule has 7 heteroatoms. The van der Waals surface area contributed by atoms with E-state index in [-0.39, 0.29) is 23.5 Å². The first kappa shape index (κ1) is 19.6. The predicted octanol–water partition coefficient (Wildman–Crippen LogP) is 2.73. The number of imide groups is 1. The highest BCUT2D eigenvalue weighted by Crippen LogP contribution is 2.35. The maximum absolute atomic E-state index is 13.0. The van der Waals surface area contributed by atoms with E-state index in [1.165, 1.54) is 19.2 Å². The van der Waals surface area contributed by atoms with Crippen LogP contribution in [0.25, 0.3) is 16.5 Å². The number of amides is 3. The minimum atomic E-state index is -0.626. The van der Waals surface area contributed by atoms with Crippen molar-refractivity contribution in [1.29, 1.82) is 0 Å². The molecule has 3 aromatic rings. The third-order valence-electron chi connectivity index (χ3n) is 5.27. The lowest BCUT2D eigenvalue weighted by molar-refractivity contribution is -0.135. The number of halogens is 1. The molecule has 3 amide bonds. The van der Waals surface area contributed by atoms with Gasteiger partial charge in [0.25, 0.3) is 17.7 Å². The number of hydrogen-bond acceptors (Lipinski definition) is 3. The van der Waals surface area contributed by atoms with Gasteiger partial charge in [0, 0.05) is 35.8 Å². The van der Waals surface area contributed by atoms with Crippen molar-refractivity contribution in [3.8, 4) is 0 Å². The first-order valence-corrected chi connectivity index (χ1v) is 9.55. The molecule has 0 fully saturated rings. The van der Waals surface area contributed by atoms with E-state index in [2.05, 4.69) is 10.3 Å². The summed E-state index contributed by atoms with van der Waals surface area (Å²) in [6.45, 7) is 2.06. The molecule has 1 aromatic heterocycles. The monoisotopic (exact) mass is 405 g/mol. The van der Waals surface area contributed by atoms with E-state index in [1.54, 1.807) is 12.1 Å². The SMILES string of the molecule is Cc1[nH]c2ccccc2c1C1=C(C(=O)NCCc2ccc(F)cc2)C(=O)N(C)C1=O. The highest BCUT2D eigenvalue weighted by molar-refractivity contribution is 6.44. The van der Waals surface area contributed by atoms with Crippen LogP contribution in [-0.4, -0.2) is 41.2 Å². The van der Waals surface area contributed by atoms with Crippen molar-refractivity contribution >= 4 is 34.2 Å². The Morgan fingerprint density at radius 1 is 1.07 bits per heavy atom. The van der Waals surface area contributed by atoms with Crippen molar-refractivity contribution in [3.05, 3.63) is 76.7 Å². The van der Waals surface area contributed by atoms with E-state index < -0.39 is 17.7 Å². The summed E-state index contributed by atoms with van der Waals surface area (Å²) >= 11 is 0. The molecular formula is C23H20FN3O3. The van der Waals surface area contributed by atoms with E-state index in [1.807, 2.05) is 31.2 Å². The van der Waals surface area contributed by atoms with Gasteiger partial charge in [-0.15, -0.1) is 0 Å².